The van der Waals surface area contributed by atoms with E-state index in [1.807, 2.05) is 45.2 Å². The Kier molecular flexibility index (Phi) is 6.35. The lowest BCUT2D eigenvalue weighted by Crippen LogP contribution is -2.24. The molecule has 0 aromatic carbocycles. The third-order valence-corrected chi connectivity index (χ3v) is 5.85. The van der Waals surface area contributed by atoms with Crippen LogP contribution in [-0.2, 0) is 22.4 Å². The number of allylic oxidation sites excluding steroid dienone is 1. The Hall–Kier alpha value is -1.99. The number of pyridine rings is 1. The highest BCUT2D eigenvalue weighted by atomic mass is 32.2. The number of nitrogens with zero attached hydrogens (tertiary/aromatic N) is 2. The number of ether oxygens (including phenoxy) is 1. The third-order valence-electron chi connectivity index (χ3n) is 4.12. The fourth-order valence-electron chi connectivity index (χ4n) is 2.90. The number of carbonyl (C=O) groups is 1. The number of fused-ring (bicyclic) bond motifs is 1. The number of aryl methyl sites for hydroxylation is 1. The van der Waals surface area contributed by atoms with E-state index in [9.17, 15) is 9.59 Å². The summed E-state index contributed by atoms with van der Waals surface area (Å²) in [6, 6.07) is 3.89. The number of hydrogen-bond acceptors (Lipinski definition) is 7. The molecule has 0 saturated heterocycles. The molecule has 0 saturated carbocycles. The molecular weight excluding hydrogens is 392 g/mol. The average molecular weight is 417 g/mol. The monoisotopic (exact) mass is 416 g/mol. The molecule has 0 amide bonds. The second-order valence-electron chi connectivity index (χ2n) is 7.60. The van der Waals surface area contributed by atoms with E-state index in [4.69, 9.17) is 4.74 Å². The van der Waals surface area contributed by atoms with E-state index in [1.54, 1.807) is 0 Å². The van der Waals surface area contributed by atoms with Gasteiger partial charge in [0.25, 0.3) is 5.56 Å². The molecule has 0 spiro atoms. The van der Waals surface area contributed by atoms with Gasteiger partial charge in [0.1, 0.15) is 16.3 Å². The van der Waals surface area contributed by atoms with E-state index in [1.165, 1.54) is 23.1 Å². The molecule has 0 atom stereocenters. The van der Waals surface area contributed by atoms with Gasteiger partial charge in [0, 0.05) is 16.9 Å². The van der Waals surface area contributed by atoms with Crippen LogP contribution in [0.3, 0.4) is 0 Å². The lowest BCUT2D eigenvalue weighted by molar-refractivity contribution is -0.154. The Morgan fingerprint density at radius 2 is 2.07 bits per heavy atom. The van der Waals surface area contributed by atoms with E-state index in [2.05, 4.69) is 16.0 Å². The first kappa shape index (κ1) is 20.7. The normalized spacial score (nSPS) is 13.3. The van der Waals surface area contributed by atoms with Crippen LogP contribution in [0.25, 0.3) is 16.8 Å². The van der Waals surface area contributed by atoms with Crippen molar-refractivity contribution in [2.24, 2.45) is 0 Å². The van der Waals surface area contributed by atoms with E-state index in [-0.39, 0.29) is 11.5 Å². The molecule has 2 aromatic heterocycles. The Labute approximate surface area is 173 Å². The standard InChI is InChI=1S/C21H24N2O3S2/c1-21(2,3)26-18(24)10-9-13-11-15(22-17(12-13)27-4)20-23-19(25)14-7-5-6-8-16(14)28-20/h6,8,11-12H,5,7,9-10H2,1-4H3. The predicted molar refractivity (Wildman–Crippen MR) is 115 cm³/mol. The Balaban J connectivity index is 1.88. The van der Waals surface area contributed by atoms with Crippen molar-refractivity contribution in [2.75, 3.05) is 6.26 Å². The average Bonchev–Trinajstić information content (AvgIpc) is 2.64. The van der Waals surface area contributed by atoms with Crippen LogP contribution in [0.15, 0.2) is 28.0 Å². The van der Waals surface area contributed by atoms with E-state index in [0.29, 0.717) is 23.5 Å². The van der Waals surface area contributed by atoms with Gasteiger partial charge in [-0.05, 0) is 70.1 Å². The number of rotatable bonds is 5. The fraction of sp³-hybridized carbons (Fsp3) is 0.429. The molecule has 0 aliphatic heterocycles. The summed E-state index contributed by atoms with van der Waals surface area (Å²) in [5.74, 6) is -0.224. The highest BCUT2D eigenvalue weighted by molar-refractivity contribution is 7.98. The molecule has 3 rings (SSSR count). The van der Waals surface area contributed by atoms with Gasteiger partial charge in [-0.15, -0.1) is 23.1 Å². The molecule has 0 radical (unpaired) electrons. The van der Waals surface area contributed by atoms with Gasteiger partial charge < -0.3 is 4.74 Å². The van der Waals surface area contributed by atoms with Crippen LogP contribution in [0.1, 0.15) is 49.6 Å². The minimum atomic E-state index is -0.488. The van der Waals surface area contributed by atoms with Crippen molar-refractivity contribution >= 4 is 35.1 Å². The predicted octanol–water partition coefficient (Wildman–Crippen LogP) is 4.52. The highest BCUT2D eigenvalue weighted by Gasteiger charge is 2.18. The van der Waals surface area contributed by atoms with Crippen molar-refractivity contribution in [3.8, 4) is 10.7 Å². The number of thioether (sulfide) groups is 1. The molecule has 0 unspecified atom stereocenters. The van der Waals surface area contributed by atoms with Crippen LogP contribution in [-0.4, -0.2) is 27.8 Å². The van der Waals surface area contributed by atoms with E-state index >= 15 is 0 Å². The molecular formula is C21H24N2O3S2. The van der Waals surface area contributed by atoms with Crippen molar-refractivity contribution < 1.29 is 9.53 Å². The maximum atomic E-state index is 12.4. The number of carbonyl (C=O) groups excluding carboxylic acids is 1. The molecule has 2 aromatic rings. The second kappa shape index (κ2) is 8.57. The Morgan fingerprint density at radius 1 is 1.29 bits per heavy atom. The van der Waals surface area contributed by atoms with Crippen LogP contribution in [0.5, 0.6) is 0 Å². The maximum absolute atomic E-state index is 12.4. The van der Waals surface area contributed by atoms with Crippen LogP contribution >= 0.6 is 23.1 Å². The van der Waals surface area contributed by atoms with Gasteiger partial charge in [-0.25, -0.2) is 4.98 Å². The topological polar surface area (TPSA) is 69.2 Å². The first-order chi connectivity index (χ1) is 13.2. The van der Waals surface area contributed by atoms with Crippen LogP contribution in [0.2, 0.25) is 0 Å². The lowest BCUT2D eigenvalue weighted by atomic mass is 10.1. The summed E-state index contributed by atoms with van der Waals surface area (Å²) in [6.45, 7) is 5.58. The zero-order valence-electron chi connectivity index (χ0n) is 16.6. The Bertz CT molecular complexity index is 975. The summed E-state index contributed by atoms with van der Waals surface area (Å²) in [4.78, 5) is 34.3. The Morgan fingerprint density at radius 3 is 2.79 bits per heavy atom. The quantitative estimate of drug-likeness (QED) is 0.527. The van der Waals surface area contributed by atoms with E-state index < -0.39 is 5.60 Å². The zero-order valence-corrected chi connectivity index (χ0v) is 18.2. The fourth-order valence-corrected chi connectivity index (χ4v) is 4.38. The molecule has 2 heterocycles. The summed E-state index contributed by atoms with van der Waals surface area (Å²) in [5.41, 5.74) is 1.80. The van der Waals surface area contributed by atoms with E-state index in [0.717, 1.165) is 33.9 Å². The van der Waals surface area contributed by atoms with Crippen molar-refractivity contribution in [1.82, 2.24) is 9.97 Å². The summed E-state index contributed by atoms with van der Waals surface area (Å²) >= 11 is 3.02. The summed E-state index contributed by atoms with van der Waals surface area (Å²) in [5, 5.41) is 1.45. The van der Waals surface area contributed by atoms with Gasteiger partial charge in [0.15, 0.2) is 0 Å². The van der Waals surface area contributed by atoms with Crippen molar-refractivity contribution in [2.45, 2.75) is 57.1 Å². The first-order valence-electron chi connectivity index (χ1n) is 9.23. The minimum Gasteiger partial charge on any atom is -0.460 e. The van der Waals surface area contributed by atoms with Gasteiger partial charge in [0.2, 0.25) is 0 Å². The van der Waals surface area contributed by atoms with Gasteiger partial charge in [0.05, 0.1) is 5.03 Å². The van der Waals surface area contributed by atoms with Gasteiger partial charge >= 0.3 is 5.97 Å². The molecule has 148 valence electrons. The van der Waals surface area contributed by atoms with Crippen LogP contribution in [0, 0.1) is 0 Å². The highest BCUT2D eigenvalue weighted by Crippen LogP contribution is 2.29. The van der Waals surface area contributed by atoms with Crippen molar-refractivity contribution in [3.05, 3.63) is 44.6 Å². The number of esters is 1. The first-order valence-corrected chi connectivity index (χ1v) is 11.3. The molecule has 0 fully saturated rings. The number of hydrogen-bond donors (Lipinski definition) is 0. The minimum absolute atomic E-state index is 0.167. The molecule has 0 bridgehead atoms. The maximum Gasteiger partial charge on any atom is 0.306 e. The summed E-state index contributed by atoms with van der Waals surface area (Å²) < 4.78 is 5.39. The van der Waals surface area contributed by atoms with Gasteiger partial charge in [-0.2, -0.15) is 4.98 Å². The number of aromatic nitrogens is 2. The lowest BCUT2D eigenvalue weighted by Gasteiger charge is -2.19. The molecule has 7 heteroatoms. The molecule has 28 heavy (non-hydrogen) atoms. The van der Waals surface area contributed by atoms with Crippen molar-refractivity contribution in [1.29, 1.82) is 0 Å². The third kappa shape index (κ3) is 5.29. The van der Waals surface area contributed by atoms with Crippen LogP contribution < -0.4 is 5.56 Å². The van der Waals surface area contributed by atoms with Crippen LogP contribution in [0.4, 0.5) is 0 Å². The molecule has 0 N–H and O–H groups in total. The second-order valence-corrected chi connectivity index (χ2v) is 9.45. The van der Waals surface area contributed by atoms with Crippen molar-refractivity contribution in [3.63, 3.8) is 0 Å². The largest absolute Gasteiger partial charge is 0.460 e. The van der Waals surface area contributed by atoms with Gasteiger partial charge in [-0.1, -0.05) is 6.08 Å². The SMILES string of the molecule is CSc1cc(CCC(=O)OC(C)(C)C)cc(-c2nc(=O)c3c(s2)C=CCC3)n1. The summed E-state index contributed by atoms with van der Waals surface area (Å²) in [7, 11) is 0. The smallest absolute Gasteiger partial charge is 0.306 e. The molecule has 5 nitrogen and oxygen atoms in total. The molecule has 1 aliphatic rings. The molecule has 1 aliphatic carbocycles. The zero-order chi connectivity index (χ0) is 20.3. The summed E-state index contributed by atoms with van der Waals surface area (Å²) in [6.07, 6.45) is 8.51. The van der Waals surface area contributed by atoms with Gasteiger partial charge in [-0.3, -0.25) is 9.59 Å².